The van der Waals surface area contributed by atoms with Crippen LogP contribution in [0.15, 0.2) is 78.0 Å². The van der Waals surface area contributed by atoms with Crippen LogP contribution in [0.3, 0.4) is 0 Å². The van der Waals surface area contributed by atoms with Crippen molar-refractivity contribution in [3.05, 3.63) is 89.2 Å². The maximum atomic E-state index is 12.8. The summed E-state index contributed by atoms with van der Waals surface area (Å²) in [5, 5.41) is 8.04. The number of carbonyl (C=O) groups is 2. The van der Waals surface area contributed by atoms with Crippen LogP contribution < -0.4 is 15.0 Å². The van der Waals surface area contributed by atoms with Gasteiger partial charge >= 0.3 is 12.4 Å². The molecule has 1 atom stereocenters. The Balaban J connectivity index is 1.20. The largest absolute Gasteiger partial charge is 0.573 e. The van der Waals surface area contributed by atoms with Gasteiger partial charge in [0.05, 0.1) is 17.1 Å². The fraction of sp³-hybridized carbons (Fsp3) is 0.258. The Kier molecular flexibility index (Phi) is 9.49. The van der Waals surface area contributed by atoms with Crippen molar-refractivity contribution in [3.63, 3.8) is 0 Å². The van der Waals surface area contributed by atoms with Crippen LogP contribution in [0.4, 0.5) is 23.7 Å². The van der Waals surface area contributed by atoms with Crippen molar-refractivity contribution in [1.29, 1.82) is 0 Å². The molecule has 1 aliphatic rings. The fourth-order valence-electron chi connectivity index (χ4n) is 4.65. The van der Waals surface area contributed by atoms with Gasteiger partial charge in [0.15, 0.2) is 11.0 Å². The van der Waals surface area contributed by atoms with Gasteiger partial charge < -0.3 is 10.1 Å². The lowest BCUT2D eigenvalue weighted by molar-refractivity contribution is -0.274. The number of carbonyl (C=O) groups excluding carboxylic acids is 2. The zero-order valence-corrected chi connectivity index (χ0v) is 26.0. The van der Waals surface area contributed by atoms with Gasteiger partial charge in [0.1, 0.15) is 12.1 Å². The first kappa shape index (κ1) is 32.0. The molecule has 1 fully saturated rings. The maximum Gasteiger partial charge on any atom is 0.573 e. The van der Waals surface area contributed by atoms with Gasteiger partial charge in [0.25, 0.3) is 0 Å². The monoisotopic (exact) mass is 656 g/mol. The number of hydrogen-bond donors (Lipinski definition) is 1. The number of nitrogens with one attached hydrogen (secondary N) is 1. The number of amidine groups is 1. The van der Waals surface area contributed by atoms with Crippen LogP contribution in [-0.2, 0) is 4.79 Å². The Morgan fingerprint density at radius 3 is 2.47 bits per heavy atom. The number of rotatable bonds is 8. The summed E-state index contributed by atoms with van der Waals surface area (Å²) < 4.78 is 42.6. The Hall–Kier alpha value is -4.36. The van der Waals surface area contributed by atoms with E-state index in [-0.39, 0.29) is 29.2 Å². The number of anilines is 1. The molecule has 1 saturated heterocycles. The SMILES string of the molecule is CC(C)c1ccc(Cl)cc1N1C(=O)CS/C1=N/C(=O)NCC(C)c1ccc(-c2ncn(-c3ccc(OC(F)(F)F)cc3)n2)cc1. The second kappa shape index (κ2) is 13.3. The van der Waals surface area contributed by atoms with E-state index in [0.29, 0.717) is 33.9 Å². The van der Waals surface area contributed by atoms with Crippen LogP contribution in [0.5, 0.6) is 5.75 Å². The molecular weight excluding hydrogens is 629 g/mol. The van der Waals surface area contributed by atoms with Gasteiger partial charge in [-0.25, -0.2) is 14.5 Å². The number of hydrogen-bond acceptors (Lipinski definition) is 6. The van der Waals surface area contributed by atoms with E-state index in [9.17, 15) is 22.8 Å². The minimum atomic E-state index is -4.76. The molecule has 3 aromatic carbocycles. The Morgan fingerprint density at radius 2 is 1.80 bits per heavy atom. The summed E-state index contributed by atoms with van der Waals surface area (Å²) in [6.07, 6.45) is -3.30. The lowest BCUT2D eigenvalue weighted by atomic mass is 10.00. The molecule has 45 heavy (non-hydrogen) atoms. The molecule has 0 bridgehead atoms. The number of benzene rings is 3. The quantitative estimate of drug-likeness (QED) is 0.210. The molecule has 0 saturated carbocycles. The van der Waals surface area contributed by atoms with Crippen LogP contribution in [0.1, 0.15) is 43.7 Å². The summed E-state index contributed by atoms with van der Waals surface area (Å²) in [5.74, 6) is 0.189. The number of ether oxygens (including phenoxy) is 1. The van der Waals surface area contributed by atoms with E-state index < -0.39 is 12.4 Å². The fourth-order valence-corrected chi connectivity index (χ4v) is 5.67. The lowest BCUT2D eigenvalue weighted by Gasteiger charge is -2.22. The van der Waals surface area contributed by atoms with E-state index in [1.54, 1.807) is 12.1 Å². The van der Waals surface area contributed by atoms with Gasteiger partial charge in [-0.05, 0) is 59.4 Å². The maximum absolute atomic E-state index is 12.8. The average molecular weight is 657 g/mol. The molecule has 1 aliphatic heterocycles. The molecule has 9 nitrogen and oxygen atoms in total. The normalized spacial score (nSPS) is 15.2. The highest BCUT2D eigenvalue weighted by Crippen LogP contribution is 2.35. The molecule has 1 N–H and O–H groups in total. The van der Waals surface area contributed by atoms with E-state index in [0.717, 1.165) is 16.7 Å². The third-order valence-corrected chi connectivity index (χ3v) is 8.10. The highest BCUT2D eigenvalue weighted by atomic mass is 35.5. The van der Waals surface area contributed by atoms with Crippen molar-refractivity contribution in [2.45, 2.75) is 39.0 Å². The van der Waals surface area contributed by atoms with E-state index >= 15 is 0 Å². The van der Waals surface area contributed by atoms with Crippen LogP contribution in [0, 0.1) is 0 Å². The predicted molar refractivity (Wildman–Crippen MR) is 168 cm³/mol. The Labute approximate surface area is 266 Å². The van der Waals surface area contributed by atoms with E-state index in [1.807, 2.05) is 51.1 Å². The average Bonchev–Trinajstić information content (AvgIpc) is 3.62. The number of halogens is 4. The van der Waals surface area contributed by atoms with Gasteiger partial charge in [0, 0.05) is 17.1 Å². The van der Waals surface area contributed by atoms with Gasteiger partial charge in [0.2, 0.25) is 5.91 Å². The third kappa shape index (κ3) is 7.84. The summed E-state index contributed by atoms with van der Waals surface area (Å²) in [6, 6.07) is 17.6. The van der Waals surface area contributed by atoms with Crippen molar-refractivity contribution in [1.82, 2.24) is 20.1 Å². The molecule has 0 spiro atoms. The van der Waals surface area contributed by atoms with Crippen LogP contribution >= 0.6 is 23.4 Å². The summed E-state index contributed by atoms with van der Waals surface area (Å²) in [4.78, 5) is 35.5. The number of thioether (sulfide) groups is 1. The van der Waals surface area contributed by atoms with Crippen molar-refractivity contribution >= 4 is 46.2 Å². The molecule has 5 rings (SSSR count). The highest BCUT2D eigenvalue weighted by molar-refractivity contribution is 8.15. The van der Waals surface area contributed by atoms with E-state index in [2.05, 4.69) is 25.1 Å². The van der Waals surface area contributed by atoms with Gasteiger partial charge in [-0.1, -0.05) is 74.5 Å². The molecule has 1 unspecified atom stereocenters. The summed E-state index contributed by atoms with van der Waals surface area (Å²) in [7, 11) is 0. The first-order chi connectivity index (χ1) is 21.4. The lowest BCUT2D eigenvalue weighted by Crippen LogP contribution is -2.33. The number of alkyl halides is 3. The van der Waals surface area contributed by atoms with Crippen molar-refractivity contribution in [2.24, 2.45) is 4.99 Å². The molecule has 14 heteroatoms. The number of urea groups is 1. The summed E-state index contributed by atoms with van der Waals surface area (Å²) in [5.41, 5.74) is 3.77. The Bertz CT molecular complexity index is 1730. The number of nitrogens with zero attached hydrogens (tertiary/aromatic N) is 5. The third-order valence-electron chi connectivity index (χ3n) is 6.94. The molecular formula is C31H28ClF3N6O3S. The topological polar surface area (TPSA) is 102 Å². The number of amides is 3. The van der Waals surface area contributed by atoms with Crippen molar-refractivity contribution in [2.75, 3.05) is 17.2 Å². The molecule has 234 valence electrons. The van der Waals surface area contributed by atoms with Gasteiger partial charge in [-0.3, -0.25) is 9.69 Å². The molecule has 3 amide bonds. The molecule has 0 radical (unpaired) electrons. The minimum Gasteiger partial charge on any atom is -0.406 e. The van der Waals surface area contributed by atoms with Gasteiger partial charge in [-0.2, -0.15) is 4.99 Å². The van der Waals surface area contributed by atoms with E-state index in [1.165, 1.54) is 51.9 Å². The molecule has 0 aliphatic carbocycles. The minimum absolute atomic E-state index is 0.0550. The molecule has 2 heterocycles. The summed E-state index contributed by atoms with van der Waals surface area (Å²) >= 11 is 7.43. The zero-order chi connectivity index (χ0) is 32.3. The first-order valence-corrected chi connectivity index (χ1v) is 15.2. The Morgan fingerprint density at radius 1 is 1.09 bits per heavy atom. The smallest absolute Gasteiger partial charge is 0.406 e. The van der Waals surface area contributed by atoms with Crippen molar-refractivity contribution in [3.8, 4) is 22.8 Å². The second-order valence-electron chi connectivity index (χ2n) is 10.5. The summed E-state index contributed by atoms with van der Waals surface area (Å²) in [6.45, 7) is 6.30. The standard InChI is InChI=1S/C31H28ClF3N6O3S/c1-18(2)25-13-8-22(32)14-26(25)41-27(42)16-45-30(41)38-29(43)36-15-19(3)20-4-6-21(7-5-20)28-37-17-40(39-28)23-9-11-24(12-10-23)44-31(33,34)35/h4-14,17-19H,15-16H2,1-3H3,(H,36,43)/b38-30+. The highest BCUT2D eigenvalue weighted by Gasteiger charge is 2.33. The van der Waals surface area contributed by atoms with Crippen LogP contribution in [-0.4, -0.2) is 50.5 Å². The van der Waals surface area contributed by atoms with E-state index in [4.69, 9.17) is 11.6 Å². The van der Waals surface area contributed by atoms with Crippen LogP contribution in [0.25, 0.3) is 17.1 Å². The number of aliphatic imine (C=N–C) groups is 1. The second-order valence-corrected chi connectivity index (χ2v) is 11.9. The van der Waals surface area contributed by atoms with Gasteiger partial charge in [-0.15, -0.1) is 18.3 Å². The zero-order valence-electron chi connectivity index (χ0n) is 24.4. The van der Waals surface area contributed by atoms with Crippen molar-refractivity contribution < 1.29 is 27.5 Å². The predicted octanol–water partition coefficient (Wildman–Crippen LogP) is 7.56. The molecule has 4 aromatic rings. The van der Waals surface area contributed by atoms with Crippen LogP contribution in [0.2, 0.25) is 5.02 Å². The first-order valence-electron chi connectivity index (χ1n) is 13.9. The number of aromatic nitrogens is 3. The molecule has 1 aromatic heterocycles.